The van der Waals surface area contributed by atoms with Crippen molar-refractivity contribution in [1.29, 1.82) is 0 Å². The predicted octanol–water partition coefficient (Wildman–Crippen LogP) is 1.84. The van der Waals surface area contributed by atoms with E-state index in [1.807, 2.05) is 6.08 Å². The molecule has 5 heteroatoms. The number of amides is 1. The highest BCUT2D eigenvalue weighted by Gasteiger charge is 2.23. The van der Waals surface area contributed by atoms with Gasteiger partial charge in [0.15, 0.2) is 0 Å². The summed E-state index contributed by atoms with van der Waals surface area (Å²) in [7, 11) is 1.55. The first kappa shape index (κ1) is 11.0. The molecule has 0 saturated heterocycles. The van der Waals surface area contributed by atoms with Gasteiger partial charge in [0.2, 0.25) is 0 Å². The Hall–Kier alpha value is -1.49. The molecule has 0 aromatic carbocycles. The van der Waals surface area contributed by atoms with Gasteiger partial charge in [-0.1, -0.05) is 0 Å². The van der Waals surface area contributed by atoms with Crippen LogP contribution >= 0.6 is 0 Å². The van der Waals surface area contributed by atoms with Gasteiger partial charge in [-0.15, -0.1) is 0 Å². The number of hydrogen-bond acceptors (Lipinski definition) is 3. The molecule has 0 atom stereocenters. The smallest absolute Gasteiger partial charge is 0.410 e. The van der Waals surface area contributed by atoms with Crippen LogP contribution in [0.3, 0.4) is 0 Å². The fourth-order valence-corrected chi connectivity index (χ4v) is 2.21. The number of nitrogens with zero attached hydrogens (tertiary/aromatic N) is 1. The zero-order valence-corrected chi connectivity index (χ0v) is 9.32. The van der Waals surface area contributed by atoms with Crippen LogP contribution in [0.4, 0.5) is 4.79 Å². The van der Waals surface area contributed by atoms with Crippen molar-refractivity contribution >= 4 is 6.09 Å². The molecule has 1 aliphatic heterocycles. The maximum absolute atomic E-state index is 10.6. The summed E-state index contributed by atoms with van der Waals surface area (Å²) >= 11 is 0. The molecule has 16 heavy (non-hydrogen) atoms. The van der Waals surface area contributed by atoms with E-state index in [0.717, 1.165) is 12.8 Å². The third-order valence-corrected chi connectivity index (χ3v) is 3.00. The van der Waals surface area contributed by atoms with E-state index in [-0.39, 0.29) is 0 Å². The number of carbonyl (C=O) groups is 1. The highest BCUT2D eigenvalue weighted by molar-refractivity contribution is 5.67. The Morgan fingerprint density at radius 1 is 1.50 bits per heavy atom. The molecular formula is C11H16N2O3. The standard InChI is InChI=1S/C11H16N2O3/c1-16-13-7-9-5-3-2-4-8(9)6-10(13)12-11(14)15/h6,12H,2-5,7H2,1H3,(H,14,15). The SMILES string of the molecule is CON1CC2=C(C=C1NC(=O)O)CCCC2. The Kier molecular flexibility index (Phi) is 3.14. The lowest BCUT2D eigenvalue weighted by Gasteiger charge is -2.32. The van der Waals surface area contributed by atoms with Crippen LogP contribution in [-0.2, 0) is 4.84 Å². The number of hydrogen-bond donors (Lipinski definition) is 2. The third kappa shape index (κ3) is 2.19. The summed E-state index contributed by atoms with van der Waals surface area (Å²) in [5.74, 6) is 0.510. The fourth-order valence-electron chi connectivity index (χ4n) is 2.21. The first-order chi connectivity index (χ1) is 7.70. The van der Waals surface area contributed by atoms with E-state index in [4.69, 9.17) is 9.94 Å². The van der Waals surface area contributed by atoms with Crippen LogP contribution in [0, 0.1) is 0 Å². The Labute approximate surface area is 94.3 Å². The maximum Gasteiger partial charge on any atom is 0.410 e. The molecule has 0 aromatic rings. The summed E-state index contributed by atoms with van der Waals surface area (Å²) in [4.78, 5) is 15.8. The van der Waals surface area contributed by atoms with Gasteiger partial charge in [-0.05, 0) is 42.9 Å². The summed E-state index contributed by atoms with van der Waals surface area (Å²) in [5, 5.41) is 12.7. The lowest BCUT2D eigenvalue weighted by Crippen LogP contribution is -2.37. The Balaban J connectivity index is 2.21. The molecule has 1 heterocycles. The van der Waals surface area contributed by atoms with Crippen LogP contribution in [0.15, 0.2) is 23.0 Å². The largest absolute Gasteiger partial charge is 0.465 e. The number of allylic oxidation sites excluding steroid dienone is 2. The summed E-state index contributed by atoms with van der Waals surface area (Å²) in [5.41, 5.74) is 2.63. The minimum Gasteiger partial charge on any atom is -0.465 e. The quantitative estimate of drug-likeness (QED) is 0.751. The van der Waals surface area contributed by atoms with E-state index in [2.05, 4.69) is 5.32 Å². The molecule has 1 aliphatic carbocycles. The fraction of sp³-hybridized carbons (Fsp3) is 0.545. The predicted molar refractivity (Wildman–Crippen MR) is 58.5 cm³/mol. The molecule has 0 spiro atoms. The average Bonchev–Trinajstić information content (AvgIpc) is 2.27. The summed E-state index contributed by atoms with van der Waals surface area (Å²) < 4.78 is 0. The zero-order valence-electron chi connectivity index (χ0n) is 9.32. The van der Waals surface area contributed by atoms with Gasteiger partial charge in [0.1, 0.15) is 5.82 Å². The molecule has 88 valence electrons. The van der Waals surface area contributed by atoms with Crippen molar-refractivity contribution in [2.24, 2.45) is 0 Å². The van der Waals surface area contributed by atoms with E-state index in [9.17, 15) is 4.79 Å². The molecule has 0 bridgehead atoms. The number of nitrogens with one attached hydrogen (secondary N) is 1. The molecule has 2 N–H and O–H groups in total. The number of hydroxylamine groups is 2. The van der Waals surface area contributed by atoms with Crippen molar-refractivity contribution in [2.75, 3.05) is 13.7 Å². The summed E-state index contributed by atoms with van der Waals surface area (Å²) in [6, 6.07) is 0. The van der Waals surface area contributed by atoms with Crippen LogP contribution in [0.2, 0.25) is 0 Å². The minimum atomic E-state index is -1.06. The van der Waals surface area contributed by atoms with Crippen molar-refractivity contribution in [1.82, 2.24) is 10.4 Å². The van der Waals surface area contributed by atoms with Crippen LogP contribution in [0.25, 0.3) is 0 Å². The van der Waals surface area contributed by atoms with Crippen molar-refractivity contribution in [3.63, 3.8) is 0 Å². The third-order valence-electron chi connectivity index (χ3n) is 3.00. The molecular weight excluding hydrogens is 208 g/mol. The molecule has 0 saturated carbocycles. The first-order valence-electron chi connectivity index (χ1n) is 5.45. The van der Waals surface area contributed by atoms with Crippen LogP contribution in [-0.4, -0.2) is 29.9 Å². The van der Waals surface area contributed by atoms with Crippen molar-refractivity contribution in [3.8, 4) is 0 Å². The van der Waals surface area contributed by atoms with Gasteiger partial charge in [-0.2, -0.15) is 0 Å². The molecule has 0 aromatic heterocycles. The summed E-state index contributed by atoms with van der Waals surface area (Å²) in [6.45, 7) is 0.665. The van der Waals surface area contributed by atoms with Crippen molar-refractivity contribution in [2.45, 2.75) is 25.7 Å². The molecule has 2 aliphatic rings. The Morgan fingerprint density at radius 3 is 2.94 bits per heavy atom. The van der Waals surface area contributed by atoms with E-state index in [1.165, 1.54) is 24.0 Å². The molecule has 0 radical (unpaired) electrons. The Morgan fingerprint density at radius 2 is 2.25 bits per heavy atom. The van der Waals surface area contributed by atoms with Crippen molar-refractivity contribution < 1.29 is 14.7 Å². The van der Waals surface area contributed by atoms with Gasteiger partial charge in [-0.25, -0.2) is 9.86 Å². The number of rotatable bonds is 2. The highest BCUT2D eigenvalue weighted by atomic mass is 16.7. The van der Waals surface area contributed by atoms with Gasteiger partial charge < -0.3 is 5.11 Å². The second kappa shape index (κ2) is 4.57. The monoisotopic (exact) mass is 224 g/mol. The normalized spacial score (nSPS) is 20.3. The van der Waals surface area contributed by atoms with Gasteiger partial charge >= 0.3 is 6.09 Å². The second-order valence-electron chi connectivity index (χ2n) is 4.01. The van der Waals surface area contributed by atoms with Gasteiger partial charge in [0.25, 0.3) is 0 Å². The van der Waals surface area contributed by atoms with Crippen LogP contribution in [0.5, 0.6) is 0 Å². The maximum atomic E-state index is 10.6. The van der Waals surface area contributed by atoms with Gasteiger partial charge in [0, 0.05) is 0 Å². The number of carboxylic acid groups (broad SMARTS) is 1. The second-order valence-corrected chi connectivity index (χ2v) is 4.01. The van der Waals surface area contributed by atoms with E-state index < -0.39 is 6.09 Å². The van der Waals surface area contributed by atoms with E-state index >= 15 is 0 Å². The molecule has 2 rings (SSSR count). The van der Waals surface area contributed by atoms with E-state index in [0.29, 0.717) is 12.4 Å². The Bertz CT molecular complexity index is 360. The van der Waals surface area contributed by atoms with Gasteiger partial charge in [-0.3, -0.25) is 10.2 Å². The van der Waals surface area contributed by atoms with Crippen LogP contribution < -0.4 is 5.32 Å². The average molecular weight is 224 g/mol. The van der Waals surface area contributed by atoms with E-state index in [1.54, 1.807) is 12.2 Å². The topological polar surface area (TPSA) is 61.8 Å². The minimum absolute atomic E-state index is 0.510. The van der Waals surface area contributed by atoms with Gasteiger partial charge in [0.05, 0.1) is 13.7 Å². The molecule has 1 amide bonds. The molecule has 0 unspecified atom stereocenters. The lowest BCUT2D eigenvalue weighted by atomic mass is 9.90. The summed E-state index contributed by atoms with van der Waals surface area (Å²) in [6.07, 6.45) is 5.35. The first-order valence-corrected chi connectivity index (χ1v) is 5.45. The zero-order chi connectivity index (χ0) is 11.5. The highest BCUT2D eigenvalue weighted by Crippen LogP contribution is 2.30. The van der Waals surface area contributed by atoms with Crippen LogP contribution in [0.1, 0.15) is 25.7 Å². The van der Waals surface area contributed by atoms with Crippen molar-refractivity contribution in [3.05, 3.63) is 23.0 Å². The molecule has 0 fully saturated rings. The molecule has 5 nitrogen and oxygen atoms in total. The lowest BCUT2D eigenvalue weighted by molar-refractivity contribution is -0.0997.